The molecule has 0 saturated carbocycles. The van der Waals surface area contributed by atoms with Gasteiger partial charge >= 0.3 is 0 Å². The first-order valence-electron chi connectivity index (χ1n) is 11.8. The first-order valence-corrected chi connectivity index (χ1v) is 12.8. The molecule has 1 saturated heterocycles. The number of thioether (sulfide) groups is 1. The van der Waals surface area contributed by atoms with E-state index in [-0.39, 0.29) is 5.95 Å². The minimum absolute atomic E-state index is 0.181. The summed E-state index contributed by atoms with van der Waals surface area (Å²) in [6, 6.07) is 18.3. The fourth-order valence-corrected chi connectivity index (χ4v) is 4.93. The Labute approximate surface area is 209 Å². The van der Waals surface area contributed by atoms with Gasteiger partial charge in [0.1, 0.15) is 5.82 Å². The third-order valence-corrected chi connectivity index (χ3v) is 6.79. The Balaban J connectivity index is 1.35. The lowest BCUT2D eigenvalue weighted by atomic mass is 10.1. The molecule has 0 aliphatic carbocycles. The van der Waals surface area contributed by atoms with E-state index in [4.69, 9.17) is 5.73 Å². The number of likely N-dealkylation sites (tertiary alicyclic amines) is 1. The van der Waals surface area contributed by atoms with Crippen LogP contribution in [0.3, 0.4) is 0 Å². The van der Waals surface area contributed by atoms with Crippen molar-refractivity contribution in [1.29, 1.82) is 0 Å². The van der Waals surface area contributed by atoms with Crippen molar-refractivity contribution in [2.24, 2.45) is 0 Å². The fourth-order valence-electron chi connectivity index (χ4n) is 4.10. The van der Waals surface area contributed by atoms with Crippen molar-refractivity contribution >= 4 is 29.3 Å². The summed E-state index contributed by atoms with van der Waals surface area (Å²) in [5.41, 5.74) is 9.11. The van der Waals surface area contributed by atoms with Crippen molar-refractivity contribution in [1.82, 2.24) is 34.6 Å². The van der Waals surface area contributed by atoms with Crippen LogP contribution in [0.25, 0.3) is 5.69 Å². The zero-order valence-corrected chi connectivity index (χ0v) is 20.6. The highest BCUT2D eigenvalue weighted by atomic mass is 32.2. The van der Waals surface area contributed by atoms with Crippen LogP contribution in [0.4, 0.5) is 17.6 Å². The van der Waals surface area contributed by atoms with Crippen molar-refractivity contribution in [3.63, 3.8) is 0 Å². The summed E-state index contributed by atoms with van der Waals surface area (Å²) in [5, 5.41) is 13.1. The van der Waals surface area contributed by atoms with Crippen molar-refractivity contribution in [3.05, 3.63) is 71.8 Å². The molecular weight excluding hydrogens is 458 g/mol. The second-order valence-corrected chi connectivity index (χ2v) is 9.56. The second kappa shape index (κ2) is 10.8. The molecule has 0 unspecified atom stereocenters. The quantitative estimate of drug-likeness (QED) is 0.350. The van der Waals surface area contributed by atoms with E-state index < -0.39 is 0 Å². The summed E-state index contributed by atoms with van der Waals surface area (Å²) in [5.74, 6) is 2.62. The largest absolute Gasteiger partial charge is 0.368 e. The molecule has 0 amide bonds. The molecule has 2 aromatic carbocycles. The van der Waals surface area contributed by atoms with Crippen LogP contribution in [0, 0.1) is 6.92 Å². The van der Waals surface area contributed by atoms with Gasteiger partial charge in [0.15, 0.2) is 11.0 Å². The van der Waals surface area contributed by atoms with Crippen molar-refractivity contribution in [2.45, 2.75) is 43.6 Å². The number of rotatable bonds is 8. The molecular formula is C25H29N9S. The number of benzene rings is 2. The molecule has 3 N–H and O–H groups in total. The van der Waals surface area contributed by atoms with Crippen LogP contribution < -0.4 is 11.1 Å². The van der Waals surface area contributed by atoms with E-state index in [1.807, 2.05) is 49.4 Å². The molecule has 0 atom stereocenters. The normalized spacial score (nSPS) is 14.2. The Morgan fingerprint density at radius 2 is 1.69 bits per heavy atom. The number of aryl methyl sites for hydroxylation is 1. The third-order valence-electron chi connectivity index (χ3n) is 5.87. The third kappa shape index (κ3) is 5.95. The summed E-state index contributed by atoms with van der Waals surface area (Å²) in [6.45, 7) is 5.04. The average molecular weight is 488 g/mol. The molecule has 9 nitrogen and oxygen atoms in total. The molecule has 5 rings (SSSR count). The topological polar surface area (TPSA) is 111 Å². The number of aromatic nitrogens is 6. The SMILES string of the molecule is Cc1ccc(Nc2nc(N)nc(CSc3nnc(CN4CCCCC4)n3-c3ccccc3)n2)cc1. The van der Waals surface area contributed by atoms with Gasteiger partial charge in [0.05, 0.1) is 12.3 Å². The minimum Gasteiger partial charge on any atom is -0.368 e. The molecule has 35 heavy (non-hydrogen) atoms. The van der Waals surface area contributed by atoms with E-state index in [0.717, 1.165) is 42.0 Å². The Morgan fingerprint density at radius 3 is 2.46 bits per heavy atom. The van der Waals surface area contributed by atoms with Gasteiger partial charge in [-0.15, -0.1) is 10.2 Å². The summed E-state index contributed by atoms with van der Waals surface area (Å²) in [6.07, 6.45) is 3.78. The number of nitrogens with one attached hydrogen (secondary N) is 1. The van der Waals surface area contributed by atoms with E-state index in [2.05, 4.69) is 52.1 Å². The van der Waals surface area contributed by atoms with Gasteiger partial charge in [-0.05, 0) is 57.1 Å². The lowest BCUT2D eigenvalue weighted by Gasteiger charge is -2.26. The van der Waals surface area contributed by atoms with Gasteiger partial charge in [0.2, 0.25) is 11.9 Å². The molecule has 10 heteroatoms. The maximum Gasteiger partial charge on any atom is 0.232 e. The highest BCUT2D eigenvalue weighted by Crippen LogP contribution is 2.26. The van der Waals surface area contributed by atoms with Gasteiger partial charge in [0.25, 0.3) is 0 Å². The Kier molecular flexibility index (Phi) is 7.20. The van der Waals surface area contributed by atoms with E-state index >= 15 is 0 Å². The first kappa shape index (κ1) is 23.3. The molecule has 4 aromatic rings. The van der Waals surface area contributed by atoms with Crippen molar-refractivity contribution in [2.75, 3.05) is 24.1 Å². The van der Waals surface area contributed by atoms with Crippen molar-refractivity contribution in [3.8, 4) is 5.69 Å². The number of hydrogen-bond acceptors (Lipinski definition) is 9. The molecule has 0 spiro atoms. The Hall–Kier alpha value is -3.50. The fraction of sp³-hybridized carbons (Fsp3) is 0.320. The molecule has 0 radical (unpaired) electrons. The maximum absolute atomic E-state index is 5.99. The van der Waals surface area contributed by atoms with Gasteiger partial charge in [0, 0.05) is 11.4 Å². The van der Waals surface area contributed by atoms with Crippen LogP contribution in [0.2, 0.25) is 0 Å². The molecule has 0 bridgehead atoms. The van der Waals surface area contributed by atoms with Crippen LogP contribution in [0.1, 0.15) is 36.5 Å². The van der Waals surface area contributed by atoms with Crippen LogP contribution in [0.5, 0.6) is 0 Å². The zero-order chi connectivity index (χ0) is 24.0. The van der Waals surface area contributed by atoms with E-state index in [1.165, 1.54) is 36.6 Å². The summed E-state index contributed by atoms with van der Waals surface area (Å²) < 4.78 is 2.13. The summed E-state index contributed by atoms with van der Waals surface area (Å²) in [4.78, 5) is 15.6. The van der Waals surface area contributed by atoms with Gasteiger partial charge in [-0.25, -0.2) is 0 Å². The number of para-hydroxylation sites is 1. The van der Waals surface area contributed by atoms with Crippen LogP contribution >= 0.6 is 11.8 Å². The van der Waals surface area contributed by atoms with Gasteiger partial charge < -0.3 is 11.1 Å². The number of hydrogen-bond donors (Lipinski definition) is 2. The molecule has 1 fully saturated rings. The van der Waals surface area contributed by atoms with Crippen molar-refractivity contribution < 1.29 is 0 Å². The van der Waals surface area contributed by atoms with E-state index in [0.29, 0.717) is 17.5 Å². The molecule has 1 aliphatic heterocycles. The predicted octanol–water partition coefficient (Wildman–Crippen LogP) is 4.36. The smallest absolute Gasteiger partial charge is 0.232 e. The lowest BCUT2D eigenvalue weighted by molar-refractivity contribution is 0.214. The van der Waals surface area contributed by atoms with Crippen LogP contribution in [0.15, 0.2) is 59.8 Å². The van der Waals surface area contributed by atoms with Gasteiger partial charge in [-0.3, -0.25) is 9.47 Å². The number of anilines is 3. The highest BCUT2D eigenvalue weighted by molar-refractivity contribution is 7.98. The molecule has 3 heterocycles. The lowest BCUT2D eigenvalue weighted by Crippen LogP contribution is -2.30. The maximum atomic E-state index is 5.99. The van der Waals surface area contributed by atoms with Crippen LogP contribution in [-0.4, -0.2) is 47.7 Å². The second-order valence-electron chi connectivity index (χ2n) is 8.62. The van der Waals surface area contributed by atoms with Gasteiger partial charge in [-0.1, -0.05) is 54.1 Å². The number of piperidine rings is 1. The van der Waals surface area contributed by atoms with Crippen LogP contribution in [-0.2, 0) is 12.3 Å². The molecule has 2 aromatic heterocycles. The number of nitrogens with zero attached hydrogens (tertiary/aromatic N) is 7. The molecule has 180 valence electrons. The first-order chi connectivity index (χ1) is 17.1. The minimum atomic E-state index is 0.181. The highest BCUT2D eigenvalue weighted by Gasteiger charge is 2.19. The number of nitrogens with two attached hydrogens (primary N) is 1. The standard InChI is InChI=1S/C25H29N9S/c1-18-10-12-19(13-11-18)27-24-29-21(28-23(26)30-24)17-35-25-32-31-22(16-33-14-6-3-7-15-33)34(25)20-8-4-2-5-9-20/h2,4-5,8-13H,3,6-7,14-17H2,1H3,(H3,26,27,28,29,30). The van der Waals surface area contributed by atoms with E-state index in [1.54, 1.807) is 0 Å². The average Bonchev–Trinajstić information content (AvgIpc) is 3.27. The Morgan fingerprint density at radius 1 is 0.914 bits per heavy atom. The summed E-state index contributed by atoms with van der Waals surface area (Å²) in [7, 11) is 0. The monoisotopic (exact) mass is 487 g/mol. The summed E-state index contributed by atoms with van der Waals surface area (Å²) >= 11 is 1.54. The number of nitrogen functional groups attached to an aromatic ring is 1. The van der Waals surface area contributed by atoms with E-state index in [9.17, 15) is 0 Å². The predicted molar refractivity (Wildman–Crippen MR) is 139 cm³/mol. The zero-order valence-electron chi connectivity index (χ0n) is 19.8. The Bertz CT molecular complexity index is 1250. The van der Waals surface area contributed by atoms with Gasteiger partial charge in [-0.2, -0.15) is 15.0 Å². The molecule has 1 aliphatic rings.